The van der Waals surface area contributed by atoms with Crippen molar-refractivity contribution in [3.05, 3.63) is 71.8 Å². The van der Waals surface area contributed by atoms with E-state index >= 15 is 0 Å². The van der Waals surface area contributed by atoms with Crippen LogP contribution in [0.15, 0.2) is 65.8 Å². The number of rotatable bonds is 6. The highest BCUT2D eigenvalue weighted by Crippen LogP contribution is 2.36. The molecule has 2 aliphatic heterocycles. The molecule has 0 spiro atoms. The lowest BCUT2D eigenvalue weighted by Crippen LogP contribution is -2.45. The molecule has 2 unspecified atom stereocenters. The van der Waals surface area contributed by atoms with Crippen LogP contribution in [0.4, 0.5) is 0 Å². The summed E-state index contributed by atoms with van der Waals surface area (Å²) < 4.78 is 5.88. The van der Waals surface area contributed by atoms with Crippen molar-refractivity contribution < 1.29 is 4.74 Å². The molecule has 4 rings (SSSR count). The van der Waals surface area contributed by atoms with Gasteiger partial charge >= 0.3 is 0 Å². The van der Waals surface area contributed by atoms with Crippen LogP contribution in [0.1, 0.15) is 30.0 Å². The van der Waals surface area contributed by atoms with Gasteiger partial charge in [-0.05, 0) is 24.0 Å². The minimum absolute atomic E-state index is 0.153. The number of nitrogens with zero attached hydrogens (tertiary/aromatic N) is 2. The highest BCUT2D eigenvalue weighted by Gasteiger charge is 2.39. The van der Waals surface area contributed by atoms with Crippen molar-refractivity contribution in [3.8, 4) is 0 Å². The molecule has 2 fully saturated rings. The minimum atomic E-state index is -0.153. The van der Waals surface area contributed by atoms with E-state index in [9.17, 15) is 0 Å². The van der Waals surface area contributed by atoms with Gasteiger partial charge in [0.25, 0.3) is 0 Å². The minimum Gasteiger partial charge on any atom is -0.369 e. The fraction of sp³-hybridized carbons (Fsp3) is 0.350. The van der Waals surface area contributed by atoms with Crippen molar-refractivity contribution in [2.75, 3.05) is 13.2 Å². The molecule has 0 saturated carbocycles. The van der Waals surface area contributed by atoms with Crippen molar-refractivity contribution in [3.63, 3.8) is 0 Å². The van der Waals surface area contributed by atoms with Crippen LogP contribution in [0.3, 0.4) is 0 Å². The second kappa shape index (κ2) is 6.17. The van der Waals surface area contributed by atoms with Crippen molar-refractivity contribution in [2.45, 2.75) is 30.9 Å². The van der Waals surface area contributed by atoms with E-state index in [1.54, 1.807) is 0 Å². The molecule has 3 nitrogen and oxygen atoms in total. The average Bonchev–Trinajstić information content (AvgIpc) is 3.35. The molecule has 3 heteroatoms. The zero-order valence-electron chi connectivity index (χ0n) is 13.3. The van der Waals surface area contributed by atoms with E-state index in [1.165, 1.54) is 11.1 Å². The maximum atomic E-state index is 5.88. The van der Waals surface area contributed by atoms with Gasteiger partial charge in [-0.15, -0.1) is 0 Å². The Kier molecular flexibility index (Phi) is 3.88. The van der Waals surface area contributed by atoms with Crippen molar-refractivity contribution in [2.24, 2.45) is 5.10 Å². The molecule has 0 aromatic heterocycles. The van der Waals surface area contributed by atoms with Gasteiger partial charge in [0.15, 0.2) is 0 Å². The maximum absolute atomic E-state index is 5.88. The average molecular weight is 306 g/mol. The molecule has 118 valence electrons. The SMILES string of the molecule is C(=N\N1CC1c1ccccc1)/C1(CCc2ccccc2)CCO1. The van der Waals surface area contributed by atoms with E-state index in [0.717, 1.165) is 32.4 Å². The molecule has 0 aliphatic carbocycles. The summed E-state index contributed by atoms with van der Waals surface area (Å²) in [5.74, 6) is 0. The summed E-state index contributed by atoms with van der Waals surface area (Å²) in [6, 6.07) is 21.6. The van der Waals surface area contributed by atoms with Crippen LogP contribution >= 0.6 is 0 Å². The largest absolute Gasteiger partial charge is 0.369 e. The Labute approximate surface area is 137 Å². The first-order chi connectivity index (χ1) is 11.3. The summed E-state index contributed by atoms with van der Waals surface area (Å²) in [6.45, 7) is 1.86. The highest BCUT2D eigenvalue weighted by atomic mass is 16.5. The third kappa shape index (κ3) is 3.30. The number of hydrogen-bond acceptors (Lipinski definition) is 3. The van der Waals surface area contributed by atoms with Crippen molar-refractivity contribution in [1.29, 1.82) is 0 Å². The fourth-order valence-corrected chi connectivity index (χ4v) is 3.12. The summed E-state index contributed by atoms with van der Waals surface area (Å²) in [5.41, 5.74) is 2.56. The quantitative estimate of drug-likeness (QED) is 0.598. The molecule has 2 heterocycles. The van der Waals surface area contributed by atoms with Crippen LogP contribution in [-0.2, 0) is 11.2 Å². The molecule has 0 amide bonds. The predicted molar refractivity (Wildman–Crippen MR) is 92.4 cm³/mol. The highest BCUT2D eigenvalue weighted by molar-refractivity contribution is 5.69. The van der Waals surface area contributed by atoms with Gasteiger partial charge in [0.05, 0.1) is 25.4 Å². The van der Waals surface area contributed by atoms with Gasteiger partial charge in [0, 0.05) is 6.42 Å². The number of hydrogen-bond donors (Lipinski definition) is 0. The van der Waals surface area contributed by atoms with Gasteiger partial charge < -0.3 is 4.74 Å². The van der Waals surface area contributed by atoms with Gasteiger partial charge in [-0.1, -0.05) is 60.7 Å². The molecule has 23 heavy (non-hydrogen) atoms. The van der Waals surface area contributed by atoms with Gasteiger partial charge in [-0.2, -0.15) is 5.10 Å². The first-order valence-corrected chi connectivity index (χ1v) is 8.39. The number of aryl methyl sites for hydroxylation is 1. The van der Waals surface area contributed by atoms with Crippen molar-refractivity contribution in [1.82, 2.24) is 5.01 Å². The first kappa shape index (κ1) is 14.5. The summed E-state index contributed by atoms with van der Waals surface area (Å²) in [6.07, 6.45) is 5.16. The number of hydrazone groups is 1. The van der Waals surface area contributed by atoms with E-state index in [0.29, 0.717) is 6.04 Å². The molecule has 2 aliphatic rings. The Morgan fingerprint density at radius 3 is 2.43 bits per heavy atom. The zero-order chi connectivity index (χ0) is 15.5. The van der Waals surface area contributed by atoms with E-state index in [2.05, 4.69) is 70.8 Å². The Morgan fingerprint density at radius 2 is 1.78 bits per heavy atom. The van der Waals surface area contributed by atoms with E-state index < -0.39 is 0 Å². The second-order valence-electron chi connectivity index (χ2n) is 6.44. The summed E-state index contributed by atoms with van der Waals surface area (Å²) >= 11 is 0. The normalized spacial score (nSPS) is 26.3. The van der Waals surface area contributed by atoms with Crippen LogP contribution in [0.2, 0.25) is 0 Å². The molecule has 2 atom stereocenters. The molecular formula is C20H22N2O. The van der Waals surface area contributed by atoms with Crippen molar-refractivity contribution >= 4 is 6.21 Å². The molecule has 2 aromatic carbocycles. The predicted octanol–water partition coefficient (Wildman–Crippen LogP) is 3.82. The fourth-order valence-electron chi connectivity index (χ4n) is 3.12. The standard InChI is InChI=1S/C20H22N2O/c1-3-7-17(8-4-1)11-12-20(13-14-23-20)16-21-22-15-19(22)18-9-5-2-6-10-18/h1-10,16,19H,11-15H2/b21-16+. The summed E-state index contributed by atoms with van der Waals surface area (Å²) in [4.78, 5) is 0. The smallest absolute Gasteiger partial charge is 0.107 e. The van der Waals surface area contributed by atoms with E-state index in [1.807, 2.05) is 6.21 Å². The van der Waals surface area contributed by atoms with Crippen LogP contribution < -0.4 is 0 Å². The Balaban J connectivity index is 1.35. The third-order valence-electron chi connectivity index (χ3n) is 4.81. The lowest BCUT2D eigenvalue weighted by atomic mass is 9.89. The van der Waals surface area contributed by atoms with Crippen LogP contribution in [0.25, 0.3) is 0 Å². The van der Waals surface area contributed by atoms with Crippen LogP contribution in [0.5, 0.6) is 0 Å². The third-order valence-corrected chi connectivity index (χ3v) is 4.81. The van der Waals surface area contributed by atoms with Gasteiger partial charge in [-0.3, -0.25) is 5.01 Å². The lowest BCUT2D eigenvalue weighted by Gasteiger charge is -2.38. The van der Waals surface area contributed by atoms with Gasteiger partial charge in [-0.25, -0.2) is 0 Å². The number of benzene rings is 2. The second-order valence-corrected chi connectivity index (χ2v) is 6.44. The molecule has 0 N–H and O–H groups in total. The topological polar surface area (TPSA) is 24.6 Å². The molecular weight excluding hydrogens is 284 g/mol. The Hall–Kier alpha value is -2.13. The summed E-state index contributed by atoms with van der Waals surface area (Å²) in [7, 11) is 0. The van der Waals surface area contributed by atoms with E-state index in [4.69, 9.17) is 4.74 Å². The molecule has 2 aromatic rings. The van der Waals surface area contributed by atoms with Gasteiger partial charge in [0.1, 0.15) is 5.60 Å². The Morgan fingerprint density at radius 1 is 1.09 bits per heavy atom. The number of ether oxygens (including phenoxy) is 1. The summed E-state index contributed by atoms with van der Waals surface area (Å²) in [5, 5.41) is 6.82. The van der Waals surface area contributed by atoms with Gasteiger partial charge in [0.2, 0.25) is 0 Å². The zero-order valence-corrected chi connectivity index (χ0v) is 13.3. The van der Waals surface area contributed by atoms with E-state index in [-0.39, 0.29) is 5.60 Å². The molecule has 0 bridgehead atoms. The van der Waals surface area contributed by atoms with Crippen LogP contribution in [0, 0.1) is 0 Å². The molecule has 2 saturated heterocycles. The Bertz CT molecular complexity index is 665. The maximum Gasteiger partial charge on any atom is 0.107 e. The van der Waals surface area contributed by atoms with Crippen LogP contribution in [-0.4, -0.2) is 30.0 Å². The lowest BCUT2D eigenvalue weighted by molar-refractivity contribution is -0.0976. The monoisotopic (exact) mass is 306 g/mol. The first-order valence-electron chi connectivity index (χ1n) is 8.39. The molecule has 0 radical (unpaired) electrons.